The molecule has 4 heterocycles. The molecule has 2 fully saturated rings. The van der Waals surface area contributed by atoms with E-state index in [0.717, 1.165) is 17.4 Å². The van der Waals surface area contributed by atoms with Crippen LogP contribution in [0.2, 0.25) is 0 Å². The van der Waals surface area contributed by atoms with Crippen molar-refractivity contribution in [3.05, 3.63) is 22.6 Å². The van der Waals surface area contributed by atoms with E-state index in [1.807, 2.05) is 0 Å². The molecule has 40 heavy (non-hydrogen) atoms. The third-order valence-corrected chi connectivity index (χ3v) is 8.00. The summed E-state index contributed by atoms with van der Waals surface area (Å²) in [5.41, 5.74) is -1.35. The maximum Gasteiger partial charge on any atom is 0.417 e. The van der Waals surface area contributed by atoms with E-state index in [0.29, 0.717) is 38.9 Å². The number of carbonyl (C=O) groups is 3. The Hall–Kier alpha value is -3.29. The third kappa shape index (κ3) is 6.53. The molecule has 0 bridgehead atoms. The lowest BCUT2D eigenvalue weighted by molar-refractivity contribution is -0.136. The Kier molecular flexibility index (Phi) is 8.38. The van der Waals surface area contributed by atoms with Crippen LogP contribution in [0.5, 0.6) is 0 Å². The molecule has 2 aromatic rings. The van der Waals surface area contributed by atoms with E-state index in [2.05, 4.69) is 15.6 Å². The maximum absolute atomic E-state index is 13.9. The van der Waals surface area contributed by atoms with E-state index in [-0.39, 0.29) is 33.7 Å². The van der Waals surface area contributed by atoms with Gasteiger partial charge in [0, 0.05) is 44.5 Å². The van der Waals surface area contributed by atoms with Crippen molar-refractivity contribution in [1.29, 1.82) is 0 Å². The summed E-state index contributed by atoms with van der Waals surface area (Å²) in [6, 6.07) is 0.436. The number of alkyl halides is 3. The minimum absolute atomic E-state index is 0.0177. The fourth-order valence-corrected chi connectivity index (χ4v) is 5.93. The smallest absolute Gasteiger partial charge is 0.417 e. The van der Waals surface area contributed by atoms with E-state index in [1.54, 1.807) is 37.5 Å². The first-order valence-electron chi connectivity index (χ1n) is 13.1. The van der Waals surface area contributed by atoms with E-state index < -0.39 is 41.5 Å². The molecule has 3 amide bonds. The first-order valence-corrected chi connectivity index (χ1v) is 14.0. The summed E-state index contributed by atoms with van der Waals surface area (Å²) in [6.45, 7) is 8.27. The predicted octanol–water partition coefficient (Wildman–Crippen LogP) is 4.77. The van der Waals surface area contributed by atoms with Crippen molar-refractivity contribution < 1.29 is 37.0 Å². The zero-order valence-corrected chi connectivity index (χ0v) is 23.9. The summed E-state index contributed by atoms with van der Waals surface area (Å²) in [4.78, 5) is 45.0. The molecule has 220 valence electrons. The number of alkyl carbamates (subject to hydrolysis) is 1. The number of pyridine rings is 1. The molecule has 0 spiro atoms. The van der Waals surface area contributed by atoms with Gasteiger partial charge in [0.1, 0.15) is 17.5 Å². The fraction of sp³-hybridized carbons (Fsp3) is 0.615. The van der Waals surface area contributed by atoms with Crippen LogP contribution in [0, 0.1) is 0 Å². The quantitative estimate of drug-likeness (QED) is 0.532. The first-order chi connectivity index (χ1) is 18.7. The Morgan fingerprint density at radius 1 is 1.10 bits per heavy atom. The summed E-state index contributed by atoms with van der Waals surface area (Å²) < 4.78 is 52.5. The highest BCUT2D eigenvalue weighted by Crippen LogP contribution is 2.40. The molecule has 14 heteroatoms. The third-order valence-electron chi connectivity index (χ3n) is 7.00. The van der Waals surface area contributed by atoms with E-state index in [9.17, 15) is 27.6 Å². The number of nitrogens with zero attached hydrogens (tertiary/aromatic N) is 3. The summed E-state index contributed by atoms with van der Waals surface area (Å²) in [7, 11) is 1.41. The van der Waals surface area contributed by atoms with Gasteiger partial charge in [-0.3, -0.25) is 4.79 Å². The van der Waals surface area contributed by atoms with Crippen LogP contribution in [0.25, 0.3) is 10.2 Å². The number of rotatable bonds is 4. The van der Waals surface area contributed by atoms with Gasteiger partial charge in [-0.1, -0.05) is 0 Å². The van der Waals surface area contributed by atoms with Gasteiger partial charge in [-0.25, -0.2) is 14.6 Å². The largest absolute Gasteiger partial charge is 0.444 e. The maximum atomic E-state index is 13.9. The van der Waals surface area contributed by atoms with Crippen LogP contribution in [-0.2, 0) is 15.7 Å². The van der Waals surface area contributed by atoms with Crippen LogP contribution in [0.1, 0.15) is 62.9 Å². The molecule has 0 radical (unpaired) electrons. The summed E-state index contributed by atoms with van der Waals surface area (Å²) in [6.07, 6.45) is -4.73. The molecule has 0 aliphatic carbocycles. The standard InChI is InChI=1S/C26H34F3N5O5S/c1-14-18(8-11-34(14)24(37)39-25(2,3)4)38-23(36)31-15-6-9-33(10-7-15)19-12-17(26(27,28)29)21-20(32-19)16(13-40-21)22(35)30-5/h12-15,18H,6-11H2,1-5H3,(H,30,35)(H,31,36)/t14-,18-/m0/s1. The average molecular weight is 586 g/mol. The van der Waals surface area contributed by atoms with Crippen LogP contribution in [0.3, 0.4) is 0 Å². The molecular formula is C26H34F3N5O5S. The Labute approximate surface area is 234 Å². The number of fused-ring (bicyclic) bond motifs is 1. The highest BCUT2D eigenvalue weighted by molar-refractivity contribution is 7.17. The number of hydrogen-bond acceptors (Lipinski definition) is 8. The number of thiophene rings is 1. The molecular weight excluding hydrogens is 551 g/mol. The molecule has 0 saturated carbocycles. The van der Waals surface area contributed by atoms with E-state index in [1.165, 1.54) is 12.4 Å². The highest BCUT2D eigenvalue weighted by atomic mass is 32.1. The van der Waals surface area contributed by atoms with Crippen molar-refractivity contribution >= 4 is 45.5 Å². The second-order valence-corrected chi connectivity index (χ2v) is 11.9. The second kappa shape index (κ2) is 11.3. The van der Waals surface area contributed by atoms with Gasteiger partial charge in [-0.15, -0.1) is 11.3 Å². The number of halogens is 3. The number of likely N-dealkylation sites (tertiary alicyclic amines) is 1. The van der Waals surface area contributed by atoms with Gasteiger partial charge in [-0.05, 0) is 46.6 Å². The molecule has 2 aliphatic heterocycles. The molecule has 2 aromatic heterocycles. The summed E-state index contributed by atoms with van der Waals surface area (Å²) in [5.74, 6) is -0.373. The van der Waals surface area contributed by atoms with Crippen molar-refractivity contribution in [3.8, 4) is 0 Å². The van der Waals surface area contributed by atoms with Gasteiger partial charge in [-0.2, -0.15) is 13.2 Å². The van der Waals surface area contributed by atoms with Gasteiger partial charge >= 0.3 is 18.4 Å². The van der Waals surface area contributed by atoms with Crippen LogP contribution in [0.4, 0.5) is 28.6 Å². The van der Waals surface area contributed by atoms with Gasteiger partial charge in [0.15, 0.2) is 0 Å². The van der Waals surface area contributed by atoms with Gasteiger partial charge < -0.3 is 29.9 Å². The van der Waals surface area contributed by atoms with Crippen molar-refractivity contribution in [1.82, 2.24) is 20.5 Å². The normalized spacial score (nSPS) is 20.5. The van der Waals surface area contributed by atoms with E-state index >= 15 is 0 Å². The van der Waals surface area contributed by atoms with Crippen LogP contribution >= 0.6 is 11.3 Å². The lowest BCUT2D eigenvalue weighted by atomic mass is 10.0. The number of amides is 3. The summed E-state index contributed by atoms with van der Waals surface area (Å²) >= 11 is 0.839. The van der Waals surface area contributed by atoms with E-state index in [4.69, 9.17) is 9.47 Å². The Bertz CT molecular complexity index is 1270. The minimum Gasteiger partial charge on any atom is -0.444 e. The SMILES string of the molecule is CNC(=O)c1csc2c(C(F)(F)F)cc(N3CCC(NC(=O)O[C@H]4CCN(C(=O)OC(C)(C)C)[C@H]4C)CC3)nc12. The Balaban J connectivity index is 1.36. The molecule has 10 nitrogen and oxygen atoms in total. The zero-order chi connectivity index (χ0) is 29.4. The molecule has 2 N–H and O–H groups in total. The molecule has 2 aliphatic rings. The van der Waals surface area contributed by atoms with Gasteiger partial charge in [0.05, 0.1) is 27.4 Å². The van der Waals surface area contributed by atoms with Gasteiger partial charge in [0.25, 0.3) is 5.91 Å². The predicted molar refractivity (Wildman–Crippen MR) is 144 cm³/mol. The minimum atomic E-state index is -4.61. The fourth-order valence-electron chi connectivity index (χ4n) is 4.90. The lowest BCUT2D eigenvalue weighted by Gasteiger charge is -2.33. The molecule has 4 rings (SSSR count). The van der Waals surface area contributed by atoms with Crippen molar-refractivity contribution in [2.75, 3.05) is 31.6 Å². The molecule has 0 unspecified atom stereocenters. The lowest BCUT2D eigenvalue weighted by Crippen LogP contribution is -2.47. The average Bonchev–Trinajstić information content (AvgIpc) is 3.45. The van der Waals surface area contributed by atoms with Crippen molar-refractivity contribution in [2.24, 2.45) is 0 Å². The number of piperidine rings is 1. The second-order valence-electron chi connectivity index (χ2n) is 11.0. The zero-order valence-electron chi connectivity index (χ0n) is 23.1. The first kappa shape index (κ1) is 29.7. The molecule has 2 saturated heterocycles. The number of carbonyl (C=O) groups excluding carboxylic acids is 3. The Morgan fingerprint density at radius 2 is 1.77 bits per heavy atom. The highest BCUT2D eigenvalue weighted by Gasteiger charge is 2.39. The molecule has 0 aromatic carbocycles. The van der Waals surface area contributed by atoms with Crippen molar-refractivity contribution in [3.63, 3.8) is 0 Å². The molecule has 2 atom stereocenters. The number of anilines is 1. The van der Waals surface area contributed by atoms with Crippen LogP contribution in [-0.4, -0.2) is 78.4 Å². The summed E-state index contributed by atoms with van der Waals surface area (Å²) in [5, 5.41) is 6.66. The van der Waals surface area contributed by atoms with Gasteiger partial charge in [0.2, 0.25) is 0 Å². The topological polar surface area (TPSA) is 113 Å². The number of aromatic nitrogens is 1. The number of ether oxygens (including phenoxy) is 2. The van der Waals surface area contributed by atoms with Crippen LogP contribution in [0.15, 0.2) is 11.4 Å². The number of hydrogen-bond donors (Lipinski definition) is 2. The van der Waals surface area contributed by atoms with Crippen molar-refractivity contribution in [2.45, 2.75) is 76.9 Å². The Morgan fingerprint density at radius 3 is 2.38 bits per heavy atom. The van der Waals surface area contributed by atoms with Crippen LogP contribution < -0.4 is 15.5 Å². The monoisotopic (exact) mass is 585 g/mol. The number of nitrogens with one attached hydrogen (secondary N) is 2.